The Morgan fingerprint density at radius 2 is 2.11 bits per heavy atom. The van der Waals surface area contributed by atoms with Gasteiger partial charge in [-0.25, -0.2) is 14.8 Å². The molecule has 0 radical (unpaired) electrons. The third kappa shape index (κ3) is 2.72. The third-order valence-electron chi connectivity index (χ3n) is 7.20. The Balaban J connectivity index is 1.53. The van der Waals surface area contributed by atoms with Crippen LogP contribution in [0, 0.1) is 23.7 Å². The van der Waals surface area contributed by atoms with Gasteiger partial charge in [-0.3, -0.25) is 9.32 Å². The highest BCUT2D eigenvalue weighted by atomic mass is 16.5. The molecule has 2 aliphatic rings. The molecule has 1 amide bonds. The standard InChI is InChI=1S/C21H26N4O3/c1-13-7-5-6-8-15(13)18-24-28-19(27)25(18)12-17(26)23-22-16-11-14-9-10-21(16,4)20(14,2)3/h5-8,14H,9-12H2,1-4H3,(H,23,26)/b22-16-. The van der Waals surface area contributed by atoms with Crippen LogP contribution < -0.4 is 11.2 Å². The second-order valence-electron chi connectivity index (χ2n) is 8.76. The van der Waals surface area contributed by atoms with Crippen LogP contribution >= 0.6 is 0 Å². The van der Waals surface area contributed by atoms with Gasteiger partial charge in [0.15, 0.2) is 5.82 Å². The Bertz CT molecular complexity index is 1020. The summed E-state index contributed by atoms with van der Waals surface area (Å²) in [5, 5.41) is 8.31. The molecule has 2 aromatic rings. The van der Waals surface area contributed by atoms with Crippen molar-refractivity contribution < 1.29 is 9.32 Å². The number of hydrogen-bond acceptors (Lipinski definition) is 5. The number of aromatic nitrogens is 2. The van der Waals surface area contributed by atoms with E-state index < -0.39 is 5.76 Å². The number of nitrogens with one attached hydrogen (secondary N) is 1. The molecule has 0 aliphatic heterocycles. The topological polar surface area (TPSA) is 89.5 Å². The average Bonchev–Trinajstić information content (AvgIpc) is 3.18. The summed E-state index contributed by atoms with van der Waals surface area (Å²) < 4.78 is 6.05. The lowest BCUT2D eigenvalue weighted by Gasteiger charge is -2.34. The van der Waals surface area contributed by atoms with E-state index in [1.54, 1.807) is 0 Å². The van der Waals surface area contributed by atoms with Crippen LogP contribution in [-0.4, -0.2) is 21.3 Å². The molecule has 2 unspecified atom stereocenters. The van der Waals surface area contributed by atoms with Crippen molar-refractivity contribution in [1.82, 2.24) is 15.1 Å². The first kappa shape index (κ1) is 18.7. The van der Waals surface area contributed by atoms with Gasteiger partial charge in [0, 0.05) is 16.7 Å². The molecule has 2 aliphatic carbocycles. The summed E-state index contributed by atoms with van der Waals surface area (Å²) >= 11 is 0. The second-order valence-corrected chi connectivity index (χ2v) is 8.76. The van der Waals surface area contributed by atoms with Crippen molar-refractivity contribution in [2.75, 3.05) is 0 Å². The van der Waals surface area contributed by atoms with Crippen molar-refractivity contribution in [3.8, 4) is 11.4 Å². The van der Waals surface area contributed by atoms with E-state index in [1.807, 2.05) is 31.2 Å². The second kappa shape index (κ2) is 6.43. The van der Waals surface area contributed by atoms with E-state index in [0.717, 1.165) is 29.7 Å². The maximum atomic E-state index is 12.5. The molecule has 0 saturated heterocycles. The van der Waals surface area contributed by atoms with Crippen molar-refractivity contribution >= 4 is 11.6 Å². The lowest BCUT2D eigenvalue weighted by molar-refractivity contribution is -0.121. The number of rotatable bonds is 4. The van der Waals surface area contributed by atoms with E-state index in [-0.39, 0.29) is 23.3 Å². The lowest BCUT2D eigenvalue weighted by Crippen LogP contribution is -2.35. The number of fused-ring (bicyclic) bond motifs is 2. The van der Waals surface area contributed by atoms with Gasteiger partial charge in [-0.15, -0.1) is 0 Å². The molecule has 28 heavy (non-hydrogen) atoms. The van der Waals surface area contributed by atoms with Crippen LogP contribution in [0.5, 0.6) is 0 Å². The predicted molar refractivity (Wildman–Crippen MR) is 106 cm³/mol. The first-order valence-corrected chi connectivity index (χ1v) is 9.72. The first-order valence-electron chi connectivity index (χ1n) is 9.72. The van der Waals surface area contributed by atoms with Gasteiger partial charge in [0.2, 0.25) is 0 Å². The molecule has 7 heteroatoms. The molecule has 2 fully saturated rings. The van der Waals surface area contributed by atoms with Crippen molar-refractivity contribution in [2.24, 2.45) is 21.8 Å². The summed E-state index contributed by atoms with van der Waals surface area (Å²) in [4.78, 5) is 24.6. The van der Waals surface area contributed by atoms with Gasteiger partial charge < -0.3 is 0 Å². The molecule has 0 spiro atoms. The van der Waals surface area contributed by atoms with Crippen molar-refractivity contribution in [1.29, 1.82) is 0 Å². The van der Waals surface area contributed by atoms with Crippen molar-refractivity contribution in [3.05, 3.63) is 40.4 Å². The lowest BCUT2D eigenvalue weighted by atomic mass is 9.70. The van der Waals surface area contributed by atoms with Gasteiger partial charge in [-0.2, -0.15) is 5.10 Å². The molecule has 2 bridgehead atoms. The van der Waals surface area contributed by atoms with E-state index in [9.17, 15) is 9.59 Å². The Kier molecular flexibility index (Phi) is 4.28. The van der Waals surface area contributed by atoms with Crippen LogP contribution in [0.3, 0.4) is 0 Å². The van der Waals surface area contributed by atoms with Crippen LogP contribution in [0.25, 0.3) is 11.4 Å². The van der Waals surface area contributed by atoms with E-state index in [4.69, 9.17) is 4.52 Å². The molecular formula is C21H26N4O3. The molecule has 4 rings (SSSR count). The SMILES string of the molecule is Cc1ccccc1-c1noc(=O)n1CC(=O)N/N=C1/CC2CCC1(C)C2(C)C. The minimum absolute atomic E-state index is 0.0191. The van der Waals surface area contributed by atoms with E-state index in [2.05, 4.69) is 36.5 Å². The van der Waals surface area contributed by atoms with Crippen LogP contribution in [-0.2, 0) is 11.3 Å². The van der Waals surface area contributed by atoms with E-state index in [1.165, 1.54) is 11.0 Å². The molecule has 2 saturated carbocycles. The number of benzene rings is 1. The number of nitrogens with zero attached hydrogens (tertiary/aromatic N) is 3. The number of amides is 1. The Labute approximate surface area is 163 Å². The van der Waals surface area contributed by atoms with Gasteiger partial charge in [-0.1, -0.05) is 50.2 Å². The Hall–Kier alpha value is -2.70. The number of carbonyl (C=O) groups excluding carboxylic acids is 1. The fourth-order valence-electron chi connectivity index (χ4n) is 4.83. The van der Waals surface area contributed by atoms with E-state index in [0.29, 0.717) is 11.7 Å². The summed E-state index contributed by atoms with van der Waals surface area (Å²) in [6.45, 7) is 8.56. The number of hydrogen-bond donors (Lipinski definition) is 1. The van der Waals surface area contributed by atoms with Crippen molar-refractivity contribution in [3.63, 3.8) is 0 Å². The highest BCUT2D eigenvalue weighted by molar-refractivity contribution is 5.95. The van der Waals surface area contributed by atoms with Crippen LogP contribution in [0.1, 0.15) is 45.6 Å². The van der Waals surface area contributed by atoms with Gasteiger partial charge in [-0.05, 0) is 43.1 Å². The highest BCUT2D eigenvalue weighted by Gasteiger charge is 2.60. The summed E-state index contributed by atoms with van der Waals surface area (Å²) in [5.74, 6) is -0.0636. The summed E-state index contributed by atoms with van der Waals surface area (Å²) in [6, 6.07) is 7.53. The molecule has 1 N–H and O–H groups in total. The van der Waals surface area contributed by atoms with E-state index >= 15 is 0 Å². The minimum atomic E-state index is -0.658. The summed E-state index contributed by atoms with van der Waals surface area (Å²) in [7, 11) is 0. The highest BCUT2D eigenvalue weighted by Crippen LogP contribution is 2.63. The van der Waals surface area contributed by atoms with Crippen molar-refractivity contribution in [2.45, 2.75) is 53.5 Å². The molecule has 7 nitrogen and oxygen atoms in total. The van der Waals surface area contributed by atoms with Crippen LogP contribution in [0.15, 0.2) is 38.7 Å². The maximum Gasteiger partial charge on any atom is 0.442 e. The van der Waals surface area contributed by atoms with Gasteiger partial charge in [0.1, 0.15) is 6.54 Å². The normalized spacial score (nSPS) is 26.7. The average molecular weight is 382 g/mol. The smallest absolute Gasteiger partial charge is 0.295 e. The van der Waals surface area contributed by atoms with Crippen LogP contribution in [0.4, 0.5) is 0 Å². The van der Waals surface area contributed by atoms with Crippen LogP contribution in [0.2, 0.25) is 0 Å². The largest absolute Gasteiger partial charge is 0.442 e. The molecule has 2 atom stereocenters. The fourth-order valence-corrected chi connectivity index (χ4v) is 4.83. The van der Waals surface area contributed by atoms with Gasteiger partial charge >= 0.3 is 5.76 Å². The molecule has 1 aromatic carbocycles. The minimum Gasteiger partial charge on any atom is -0.295 e. The third-order valence-corrected chi connectivity index (χ3v) is 7.20. The quantitative estimate of drug-likeness (QED) is 0.823. The summed E-state index contributed by atoms with van der Waals surface area (Å²) in [6.07, 6.45) is 3.24. The Morgan fingerprint density at radius 3 is 2.75 bits per heavy atom. The molecule has 148 valence electrons. The number of hydrazone groups is 1. The number of carbonyl (C=O) groups is 1. The molecule has 1 aromatic heterocycles. The zero-order valence-corrected chi connectivity index (χ0v) is 16.8. The van der Waals surface area contributed by atoms with Gasteiger partial charge in [0.25, 0.3) is 5.91 Å². The Morgan fingerprint density at radius 1 is 1.36 bits per heavy atom. The first-order chi connectivity index (χ1) is 13.2. The fraction of sp³-hybridized carbons (Fsp3) is 0.524. The van der Waals surface area contributed by atoms with Gasteiger partial charge in [0.05, 0.1) is 0 Å². The monoisotopic (exact) mass is 382 g/mol. The molecular weight excluding hydrogens is 356 g/mol. The molecule has 1 heterocycles. The maximum absolute atomic E-state index is 12.5. The zero-order chi connectivity index (χ0) is 20.1. The zero-order valence-electron chi connectivity index (χ0n) is 16.8. The predicted octanol–water partition coefficient (Wildman–Crippen LogP) is 3.13. The summed E-state index contributed by atoms with van der Waals surface area (Å²) in [5.41, 5.74) is 5.62. The number of aryl methyl sites for hydroxylation is 1.